The van der Waals surface area contributed by atoms with Gasteiger partial charge < -0.3 is 9.64 Å². The number of rotatable bonds is 9. The van der Waals surface area contributed by atoms with Gasteiger partial charge in [0.25, 0.3) is 0 Å². The maximum atomic E-state index is 5.20. The SMILES string of the molecule is CCCC[C@H](c1nnnn1CCOC)N1CCN(c2ccccc2)CC1. The van der Waals surface area contributed by atoms with Crippen LogP contribution in [0.25, 0.3) is 0 Å². The molecule has 1 aromatic heterocycles. The molecule has 1 saturated heterocycles. The summed E-state index contributed by atoms with van der Waals surface area (Å²) in [4.78, 5) is 5.01. The van der Waals surface area contributed by atoms with E-state index >= 15 is 0 Å². The van der Waals surface area contributed by atoms with Gasteiger partial charge in [-0.1, -0.05) is 38.0 Å². The number of aromatic nitrogens is 4. The fourth-order valence-electron chi connectivity index (χ4n) is 3.59. The third kappa shape index (κ3) is 4.59. The van der Waals surface area contributed by atoms with Crippen molar-refractivity contribution in [2.24, 2.45) is 0 Å². The van der Waals surface area contributed by atoms with Crippen LogP contribution in [0.4, 0.5) is 5.69 Å². The highest BCUT2D eigenvalue weighted by molar-refractivity contribution is 5.46. The molecule has 2 aromatic rings. The highest BCUT2D eigenvalue weighted by Crippen LogP contribution is 2.27. The highest BCUT2D eigenvalue weighted by Gasteiger charge is 2.28. The Balaban J connectivity index is 1.68. The fourth-order valence-corrected chi connectivity index (χ4v) is 3.59. The number of anilines is 1. The van der Waals surface area contributed by atoms with E-state index in [1.165, 1.54) is 18.5 Å². The van der Waals surface area contributed by atoms with Crippen molar-refractivity contribution in [2.45, 2.75) is 38.8 Å². The molecule has 26 heavy (non-hydrogen) atoms. The molecule has 7 heteroatoms. The van der Waals surface area contributed by atoms with Gasteiger partial charge in [0, 0.05) is 39.0 Å². The van der Waals surface area contributed by atoms with Crippen molar-refractivity contribution in [2.75, 3.05) is 44.8 Å². The van der Waals surface area contributed by atoms with Crippen molar-refractivity contribution >= 4 is 5.69 Å². The molecule has 7 nitrogen and oxygen atoms in total. The van der Waals surface area contributed by atoms with Gasteiger partial charge in [-0.2, -0.15) is 0 Å². The number of unbranched alkanes of at least 4 members (excludes halogenated alkanes) is 1. The third-order valence-electron chi connectivity index (χ3n) is 5.07. The molecular formula is C19H30N6O. The lowest BCUT2D eigenvalue weighted by Gasteiger charge is -2.39. The van der Waals surface area contributed by atoms with Crippen LogP contribution in [0.5, 0.6) is 0 Å². The van der Waals surface area contributed by atoms with Crippen molar-refractivity contribution in [3.8, 4) is 0 Å². The van der Waals surface area contributed by atoms with E-state index in [0.717, 1.165) is 38.4 Å². The summed E-state index contributed by atoms with van der Waals surface area (Å²) in [5, 5.41) is 12.5. The Labute approximate surface area is 155 Å². The van der Waals surface area contributed by atoms with Gasteiger partial charge in [-0.25, -0.2) is 4.68 Å². The van der Waals surface area contributed by atoms with Gasteiger partial charge in [0.2, 0.25) is 0 Å². The second-order valence-electron chi connectivity index (χ2n) is 6.77. The molecule has 0 amide bonds. The first-order valence-corrected chi connectivity index (χ1v) is 9.62. The van der Waals surface area contributed by atoms with E-state index in [2.05, 4.69) is 62.6 Å². The Morgan fingerprint density at radius 3 is 2.58 bits per heavy atom. The molecule has 1 aliphatic heterocycles. The smallest absolute Gasteiger partial charge is 0.168 e. The zero-order valence-electron chi connectivity index (χ0n) is 15.9. The molecule has 0 aliphatic carbocycles. The van der Waals surface area contributed by atoms with Gasteiger partial charge in [0.05, 0.1) is 19.2 Å². The molecule has 142 valence electrons. The quantitative estimate of drug-likeness (QED) is 0.686. The van der Waals surface area contributed by atoms with Crippen LogP contribution < -0.4 is 4.90 Å². The average Bonchev–Trinajstić information content (AvgIpc) is 3.16. The van der Waals surface area contributed by atoms with Crippen molar-refractivity contribution < 1.29 is 4.74 Å². The minimum Gasteiger partial charge on any atom is -0.383 e. The molecule has 1 aromatic carbocycles. The van der Waals surface area contributed by atoms with Crippen LogP contribution in [0.15, 0.2) is 30.3 Å². The van der Waals surface area contributed by atoms with Crippen LogP contribution in [0.1, 0.15) is 38.1 Å². The number of nitrogens with zero attached hydrogens (tertiary/aromatic N) is 6. The molecule has 1 atom stereocenters. The summed E-state index contributed by atoms with van der Waals surface area (Å²) in [5.74, 6) is 0.976. The number of para-hydroxylation sites is 1. The summed E-state index contributed by atoms with van der Waals surface area (Å²) in [6.45, 7) is 7.68. The molecule has 1 fully saturated rings. The number of ether oxygens (including phenoxy) is 1. The predicted octanol–water partition coefficient (Wildman–Crippen LogP) is 2.37. The van der Waals surface area contributed by atoms with Crippen LogP contribution in [0, 0.1) is 0 Å². The maximum Gasteiger partial charge on any atom is 0.168 e. The zero-order valence-corrected chi connectivity index (χ0v) is 15.9. The van der Waals surface area contributed by atoms with Crippen LogP contribution in [-0.4, -0.2) is 65.0 Å². The topological polar surface area (TPSA) is 59.3 Å². The molecular weight excluding hydrogens is 328 g/mol. The normalized spacial score (nSPS) is 16.8. The van der Waals surface area contributed by atoms with Gasteiger partial charge in [-0.15, -0.1) is 5.10 Å². The minimum absolute atomic E-state index is 0.278. The summed E-state index contributed by atoms with van der Waals surface area (Å²) in [5.41, 5.74) is 1.31. The van der Waals surface area contributed by atoms with E-state index in [4.69, 9.17) is 4.74 Å². The number of hydrogen-bond donors (Lipinski definition) is 0. The number of piperazine rings is 1. The van der Waals surface area contributed by atoms with Gasteiger partial charge in [-0.3, -0.25) is 4.90 Å². The first-order valence-electron chi connectivity index (χ1n) is 9.62. The summed E-state index contributed by atoms with van der Waals surface area (Å²) >= 11 is 0. The monoisotopic (exact) mass is 358 g/mol. The van der Waals surface area contributed by atoms with Gasteiger partial charge in [-0.05, 0) is 29.0 Å². The summed E-state index contributed by atoms with van der Waals surface area (Å²) in [6, 6.07) is 10.9. The van der Waals surface area contributed by atoms with E-state index in [-0.39, 0.29) is 6.04 Å². The Morgan fingerprint density at radius 2 is 1.88 bits per heavy atom. The van der Waals surface area contributed by atoms with Gasteiger partial charge in [0.1, 0.15) is 0 Å². The average molecular weight is 358 g/mol. The third-order valence-corrected chi connectivity index (χ3v) is 5.07. The van der Waals surface area contributed by atoms with Crippen molar-refractivity contribution in [3.05, 3.63) is 36.2 Å². The Bertz CT molecular complexity index is 638. The van der Waals surface area contributed by atoms with Crippen LogP contribution in [-0.2, 0) is 11.3 Å². The lowest BCUT2D eigenvalue weighted by molar-refractivity contribution is 0.152. The van der Waals surface area contributed by atoms with Crippen molar-refractivity contribution in [1.29, 1.82) is 0 Å². The summed E-state index contributed by atoms with van der Waals surface area (Å²) < 4.78 is 7.11. The van der Waals surface area contributed by atoms with E-state index < -0.39 is 0 Å². The lowest BCUT2D eigenvalue weighted by atomic mass is 10.1. The van der Waals surface area contributed by atoms with Gasteiger partial charge >= 0.3 is 0 Å². The molecule has 0 radical (unpaired) electrons. The van der Waals surface area contributed by atoms with E-state index in [1.54, 1.807) is 7.11 Å². The largest absolute Gasteiger partial charge is 0.383 e. The first-order chi connectivity index (χ1) is 12.8. The second kappa shape index (κ2) is 9.64. The molecule has 0 unspecified atom stereocenters. The molecule has 0 N–H and O–H groups in total. The minimum atomic E-state index is 0.278. The van der Waals surface area contributed by atoms with Crippen molar-refractivity contribution in [3.63, 3.8) is 0 Å². The molecule has 3 rings (SSSR count). The molecule has 0 spiro atoms. The zero-order chi connectivity index (χ0) is 18.2. The number of tetrazole rings is 1. The number of methoxy groups -OCH3 is 1. The highest BCUT2D eigenvalue weighted by atomic mass is 16.5. The van der Waals surface area contributed by atoms with Gasteiger partial charge in [0.15, 0.2) is 5.82 Å². The van der Waals surface area contributed by atoms with Crippen molar-refractivity contribution in [1.82, 2.24) is 25.1 Å². The van der Waals surface area contributed by atoms with Crippen LogP contribution in [0.2, 0.25) is 0 Å². The van der Waals surface area contributed by atoms with E-state index in [0.29, 0.717) is 13.2 Å². The standard InChI is InChI=1S/C19H30N6O/c1-3-4-10-18(19-20-21-22-25(19)15-16-26-2)24-13-11-23(12-14-24)17-8-6-5-7-9-17/h5-9,18H,3-4,10-16H2,1-2H3/t18-/m1/s1. The second-order valence-corrected chi connectivity index (χ2v) is 6.77. The first kappa shape index (κ1) is 18.8. The summed E-state index contributed by atoms with van der Waals surface area (Å²) in [7, 11) is 1.71. The fraction of sp³-hybridized carbons (Fsp3) is 0.632. The van der Waals surface area contributed by atoms with Crippen LogP contribution >= 0.6 is 0 Å². The number of benzene rings is 1. The van der Waals surface area contributed by atoms with Crippen LogP contribution in [0.3, 0.4) is 0 Å². The van der Waals surface area contributed by atoms with E-state index in [1.807, 2.05) is 4.68 Å². The molecule has 2 heterocycles. The molecule has 0 bridgehead atoms. The Hall–Kier alpha value is -1.99. The predicted molar refractivity (Wildman–Crippen MR) is 102 cm³/mol. The lowest BCUT2D eigenvalue weighted by Crippen LogP contribution is -2.48. The molecule has 1 aliphatic rings. The summed E-state index contributed by atoms with van der Waals surface area (Å²) in [6.07, 6.45) is 3.45. The molecule has 0 saturated carbocycles. The van der Waals surface area contributed by atoms with E-state index in [9.17, 15) is 0 Å². The Kier molecular flexibility index (Phi) is 6.96. The number of hydrogen-bond acceptors (Lipinski definition) is 6. The Morgan fingerprint density at radius 1 is 1.12 bits per heavy atom. The maximum absolute atomic E-state index is 5.20.